The Hall–Kier alpha value is -0.820. The highest BCUT2D eigenvalue weighted by molar-refractivity contribution is 5.33. The molecule has 1 saturated heterocycles. The van der Waals surface area contributed by atoms with E-state index in [0.717, 1.165) is 5.92 Å². The molecule has 0 amide bonds. The number of rotatable bonds is 3. The first kappa shape index (κ1) is 12.6. The predicted octanol–water partition coefficient (Wildman–Crippen LogP) is 3.66. The summed E-state index contributed by atoms with van der Waals surface area (Å²) < 4.78 is 0. The van der Waals surface area contributed by atoms with Gasteiger partial charge in [-0.1, -0.05) is 32.0 Å². The lowest BCUT2D eigenvalue weighted by atomic mass is 9.87. The highest BCUT2D eigenvalue weighted by Crippen LogP contribution is 2.24. The fourth-order valence-corrected chi connectivity index (χ4v) is 2.67. The van der Waals surface area contributed by atoms with Gasteiger partial charge in [0.1, 0.15) is 0 Å². The van der Waals surface area contributed by atoms with Gasteiger partial charge in [0.2, 0.25) is 0 Å². The minimum absolute atomic E-state index is 0.641. The second kappa shape index (κ2) is 5.68. The summed E-state index contributed by atoms with van der Waals surface area (Å²) in [6.45, 7) is 9.21. The molecule has 0 atom stereocenters. The average molecular weight is 231 g/mol. The molecule has 17 heavy (non-hydrogen) atoms. The van der Waals surface area contributed by atoms with Crippen LogP contribution in [-0.2, 0) is 6.42 Å². The average Bonchev–Trinajstić information content (AvgIpc) is 2.33. The summed E-state index contributed by atoms with van der Waals surface area (Å²) in [6, 6.07) is 7.01. The van der Waals surface area contributed by atoms with Gasteiger partial charge in [-0.25, -0.2) is 0 Å². The molecule has 94 valence electrons. The van der Waals surface area contributed by atoms with Gasteiger partial charge in [0.15, 0.2) is 0 Å². The Morgan fingerprint density at radius 1 is 1.24 bits per heavy atom. The van der Waals surface area contributed by atoms with Gasteiger partial charge >= 0.3 is 0 Å². The summed E-state index contributed by atoms with van der Waals surface area (Å²) in [6.07, 6.45) is 3.95. The number of aryl methyl sites for hydroxylation is 1. The van der Waals surface area contributed by atoms with Crippen molar-refractivity contribution in [2.45, 2.75) is 46.0 Å². The van der Waals surface area contributed by atoms with Crippen molar-refractivity contribution in [2.24, 2.45) is 5.92 Å². The third kappa shape index (κ3) is 3.32. The van der Waals surface area contributed by atoms with Gasteiger partial charge in [-0.3, -0.25) is 0 Å². The molecule has 1 aromatic carbocycles. The molecule has 0 radical (unpaired) electrons. The SMILES string of the molecule is Cc1ccc(C(C)C)cc1CC1CCNCC1. The molecule has 0 aliphatic carbocycles. The van der Waals surface area contributed by atoms with E-state index in [1.165, 1.54) is 43.5 Å². The van der Waals surface area contributed by atoms with Crippen molar-refractivity contribution in [1.29, 1.82) is 0 Å². The lowest BCUT2D eigenvalue weighted by Gasteiger charge is -2.23. The van der Waals surface area contributed by atoms with E-state index in [4.69, 9.17) is 0 Å². The molecule has 1 aliphatic heterocycles. The molecule has 2 rings (SSSR count). The Morgan fingerprint density at radius 3 is 2.59 bits per heavy atom. The summed E-state index contributed by atoms with van der Waals surface area (Å²) in [4.78, 5) is 0. The monoisotopic (exact) mass is 231 g/mol. The molecule has 0 saturated carbocycles. The van der Waals surface area contributed by atoms with Crippen LogP contribution in [0.3, 0.4) is 0 Å². The van der Waals surface area contributed by atoms with E-state index in [1.807, 2.05) is 0 Å². The summed E-state index contributed by atoms with van der Waals surface area (Å²) in [5.41, 5.74) is 4.52. The lowest BCUT2D eigenvalue weighted by molar-refractivity contribution is 0.372. The van der Waals surface area contributed by atoms with Crippen LogP contribution in [0, 0.1) is 12.8 Å². The van der Waals surface area contributed by atoms with Crippen molar-refractivity contribution in [3.8, 4) is 0 Å². The summed E-state index contributed by atoms with van der Waals surface area (Å²) in [5.74, 6) is 1.53. The van der Waals surface area contributed by atoms with Crippen LogP contribution in [-0.4, -0.2) is 13.1 Å². The minimum atomic E-state index is 0.641. The van der Waals surface area contributed by atoms with E-state index >= 15 is 0 Å². The van der Waals surface area contributed by atoms with Crippen molar-refractivity contribution in [2.75, 3.05) is 13.1 Å². The Kier molecular flexibility index (Phi) is 4.22. The van der Waals surface area contributed by atoms with E-state index in [9.17, 15) is 0 Å². The van der Waals surface area contributed by atoms with Crippen LogP contribution in [0.1, 0.15) is 49.3 Å². The molecule has 1 fully saturated rings. The quantitative estimate of drug-likeness (QED) is 0.837. The molecule has 0 spiro atoms. The van der Waals surface area contributed by atoms with Gasteiger partial charge < -0.3 is 5.32 Å². The van der Waals surface area contributed by atoms with E-state index in [2.05, 4.69) is 44.3 Å². The molecular formula is C16H25N. The van der Waals surface area contributed by atoms with Gasteiger partial charge in [-0.2, -0.15) is 0 Å². The first-order valence-corrected chi connectivity index (χ1v) is 6.97. The molecule has 0 aromatic heterocycles. The second-order valence-electron chi connectivity index (χ2n) is 5.74. The maximum Gasteiger partial charge on any atom is -0.00462 e. The normalized spacial score (nSPS) is 17.6. The standard InChI is InChI=1S/C16H25N/c1-12(2)15-5-4-13(3)16(11-15)10-14-6-8-17-9-7-14/h4-5,11-12,14,17H,6-10H2,1-3H3. The Morgan fingerprint density at radius 2 is 1.94 bits per heavy atom. The van der Waals surface area contributed by atoms with Crippen molar-refractivity contribution >= 4 is 0 Å². The Labute approximate surface area is 106 Å². The lowest BCUT2D eigenvalue weighted by Crippen LogP contribution is -2.28. The second-order valence-corrected chi connectivity index (χ2v) is 5.74. The van der Waals surface area contributed by atoms with Crippen LogP contribution in [0.5, 0.6) is 0 Å². The van der Waals surface area contributed by atoms with Crippen molar-refractivity contribution in [1.82, 2.24) is 5.32 Å². The van der Waals surface area contributed by atoms with E-state index in [-0.39, 0.29) is 0 Å². The van der Waals surface area contributed by atoms with Crippen molar-refractivity contribution in [3.63, 3.8) is 0 Å². The van der Waals surface area contributed by atoms with Gasteiger partial charge in [-0.05, 0) is 67.8 Å². The van der Waals surface area contributed by atoms with E-state index in [1.54, 1.807) is 5.56 Å². The maximum atomic E-state index is 3.44. The molecule has 1 aromatic rings. The number of hydrogen-bond donors (Lipinski definition) is 1. The van der Waals surface area contributed by atoms with Crippen LogP contribution in [0.2, 0.25) is 0 Å². The van der Waals surface area contributed by atoms with Crippen LogP contribution in [0.25, 0.3) is 0 Å². The molecule has 1 nitrogen and oxygen atoms in total. The van der Waals surface area contributed by atoms with E-state index in [0.29, 0.717) is 5.92 Å². The first-order valence-electron chi connectivity index (χ1n) is 6.97. The summed E-state index contributed by atoms with van der Waals surface area (Å²) in [7, 11) is 0. The van der Waals surface area contributed by atoms with Gasteiger partial charge in [0.25, 0.3) is 0 Å². The van der Waals surface area contributed by atoms with E-state index < -0.39 is 0 Å². The summed E-state index contributed by atoms with van der Waals surface area (Å²) >= 11 is 0. The zero-order chi connectivity index (χ0) is 12.3. The fraction of sp³-hybridized carbons (Fsp3) is 0.625. The van der Waals surface area contributed by atoms with Crippen molar-refractivity contribution in [3.05, 3.63) is 34.9 Å². The van der Waals surface area contributed by atoms with Gasteiger partial charge in [-0.15, -0.1) is 0 Å². The molecule has 0 unspecified atom stereocenters. The fourth-order valence-electron chi connectivity index (χ4n) is 2.67. The number of nitrogens with one attached hydrogen (secondary N) is 1. The number of hydrogen-bond acceptors (Lipinski definition) is 1. The highest BCUT2D eigenvalue weighted by Gasteiger charge is 2.15. The van der Waals surface area contributed by atoms with Crippen LogP contribution < -0.4 is 5.32 Å². The number of benzene rings is 1. The molecule has 1 aliphatic rings. The molecular weight excluding hydrogens is 206 g/mol. The smallest absolute Gasteiger partial charge is 0.00462 e. The minimum Gasteiger partial charge on any atom is -0.317 e. The maximum absolute atomic E-state index is 3.44. The Balaban J connectivity index is 2.10. The first-order chi connectivity index (χ1) is 8.16. The van der Waals surface area contributed by atoms with Crippen molar-refractivity contribution < 1.29 is 0 Å². The van der Waals surface area contributed by atoms with Crippen LogP contribution in [0.4, 0.5) is 0 Å². The number of piperidine rings is 1. The molecule has 1 heterocycles. The zero-order valence-electron chi connectivity index (χ0n) is 11.4. The summed E-state index contributed by atoms with van der Waals surface area (Å²) in [5, 5.41) is 3.44. The Bertz CT molecular complexity index is 362. The van der Waals surface area contributed by atoms with Gasteiger partial charge in [0, 0.05) is 0 Å². The van der Waals surface area contributed by atoms with Crippen LogP contribution in [0.15, 0.2) is 18.2 Å². The third-order valence-electron chi connectivity index (χ3n) is 4.01. The van der Waals surface area contributed by atoms with Gasteiger partial charge in [0.05, 0.1) is 0 Å². The third-order valence-corrected chi connectivity index (χ3v) is 4.01. The molecule has 1 heteroatoms. The highest BCUT2D eigenvalue weighted by atomic mass is 14.9. The molecule has 1 N–H and O–H groups in total. The predicted molar refractivity (Wildman–Crippen MR) is 74.6 cm³/mol. The zero-order valence-corrected chi connectivity index (χ0v) is 11.4. The molecule has 0 bridgehead atoms. The largest absolute Gasteiger partial charge is 0.317 e. The topological polar surface area (TPSA) is 12.0 Å². The van der Waals surface area contributed by atoms with Crippen LogP contribution >= 0.6 is 0 Å².